The SMILES string of the molecule is COc1ccccc1N(CCCC(=O)N(Cc1cccc(Br)c1)[C@@H](Cc1ccccc1)C(=O)NC(C)C)S(C)(=O)=O. The van der Waals surface area contributed by atoms with Gasteiger partial charge in [0.05, 0.1) is 19.1 Å². The van der Waals surface area contributed by atoms with Gasteiger partial charge in [-0.15, -0.1) is 0 Å². The summed E-state index contributed by atoms with van der Waals surface area (Å²) in [7, 11) is -2.16. The molecule has 0 aliphatic carbocycles. The summed E-state index contributed by atoms with van der Waals surface area (Å²) in [4.78, 5) is 29.0. The third-order valence-corrected chi connectivity index (χ3v) is 8.12. The number of nitrogens with one attached hydrogen (secondary N) is 1. The molecule has 41 heavy (non-hydrogen) atoms. The van der Waals surface area contributed by atoms with Crippen molar-refractivity contribution in [3.63, 3.8) is 0 Å². The van der Waals surface area contributed by atoms with Crippen LogP contribution in [0.25, 0.3) is 0 Å². The smallest absolute Gasteiger partial charge is 0.243 e. The van der Waals surface area contributed by atoms with E-state index in [1.807, 2.05) is 68.4 Å². The van der Waals surface area contributed by atoms with Crippen LogP contribution in [0.4, 0.5) is 5.69 Å². The highest BCUT2D eigenvalue weighted by Gasteiger charge is 2.31. The number of carbonyl (C=O) groups is 2. The zero-order valence-electron chi connectivity index (χ0n) is 23.9. The Bertz CT molecular complexity index is 1420. The van der Waals surface area contributed by atoms with Gasteiger partial charge in [-0.1, -0.05) is 70.5 Å². The monoisotopic (exact) mass is 643 g/mol. The number of rotatable bonds is 14. The molecule has 0 aromatic heterocycles. The molecule has 0 aliphatic heterocycles. The summed E-state index contributed by atoms with van der Waals surface area (Å²) in [6.07, 6.45) is 1.78. The van der Waals surface area contributed by atoms with Crippen LogP contribution < -0.4 is 14.4 Å². The minimum atomic E-state index is -3.65. The van der Waals surface area contributed by atoms with Crippen molar-refractivity contribution in [3.8, 4) is 5.75 Å². The molecule has 0 bridgehead atoms. The minimum Gasteiger partial charge on any atom is -0.495 e. The Morgan fingerprint density at radius 2 is 1.61 bits per heavy atom. The Balaban J connectivity index is 1.90. The topological polar surface area (TPSA) is 96.0 Å². The molecule has 0 saturated heterocycles. The molecule has 3 aromatic carbocycles. The molecule has 0 saturated carbocycles. The highest BCUT2D eigenvalue weighted by atomic mass is 79.9. The number of methoxy groups -OCH3 is 1. The van der Waals surface area contributed by atoms with E-state index in [2.05, 4.69) is 21.2 Å². The first-order valence-corrected chi connectivity index (χ1v) is 16.1. The Labute approximate surface area is 251 Å². The van der Waals surface area contributed by atoms with Crippen LogP contribution in [0.3, 0.4) is 0 Å². The van der Waals surface area contributed by atoms with Crippen molar-refractivity contribution in [1.29, 1.82) is 0 Å². The second kappa shape index (κ2) is 15.0. The lowest BCUT2D eigenvalue weighted by atomic mass is 10.0. The number of hydrogen-bond donors (Lipinski definition) is 1. The van der Waals surface area contributed by atoms with Gasteiger partial charge in [0, 0.05) is 36.4 Å². The van der Waals surface area contributed by atoms with Gasteiger partial charge in [-0.3, -0.25) is 13.9 Å². The van der Waals surface area contributed by atoms with Crippen LogP contribution in [-0.2, 0) is 32.6 Å². The number of carbonyl (C=O) groups excluding carboxylic acids is 2. The molecule has 1 atom stereocenters. The molecule has 0 radical (unpaired) electrons. The maximum Gasteiger partial charge on any atom is 0.243 e. The van der Waals surface area contributed by atoms with Crippen molar-refractivity contribution in [1.82, 2.24) is 10.2 Å². The Hall–Kier alpha value is -3.37. The van der Waals surface area contributed by atoms with E-state index in [1.54, 1.807) is 29.2 Å². The summed E-state index contributed by atoms with van der Waals surface area (Å²) in [5.74, 6) is -0.0499. The lowest BCUT2D eigenvalue weighted by Crippen LogP contribution is -2.51. The predicted octanol–water partition coefficient (Wildman–Crippen LogP) is 5.17. The summed E-state index contributed by atoms with van der Waals surface area (Å²) in [5.41, 5.74) is 2.21. The Morgan fingerprint density at radius 1 is 0.951 bits per heavy atom. The van der Waals surface area contributed by atoms with Gasteiger partial charge < -0.3 is 15.0 Å². The third-order valence-electron chi connectivity index (χ3n) is 6.45. The Kier molecular flexibility index (Phi) is 11.8. The van der Waals surface area contributed by atoms with E-state index in [-0.39, 0.29) is 43.8 Å². The first-order valence-electron chi connectivity index (χ1n) is 13.5. The van der Waals surface area contributed by atoms with Crippen molar-refractivity contribution < 1.29 is 22.7 Å². The van der Waals surface area contributed by atoms with Gasteiger partial charge in [0.15, 0.2) is 0 Å². The van der Waals surface area contributed by atoms with E-state index in [4.69, 9.17) is 4.74 Å². The van der Waals surface area contributed by atoms with E-state index < -0.39 is 16.1 Å². The van der Waals surface area contributed by atoms with Crippen molar-refractivity contribution in [2.75, 3.05) is 24.2 Å². The Morgan fingerprint density at radius 3 is 2.24 bits per heavy atom. The maximum absolute atomic E-state index is 13.9. The third kappa shape index (κ3) is 9.60. The van der Waals surface area contributed by atoms with Crippen molar-refractivity contribution in [3.05, 3.63) is 94.5 Å². The second-order valence-electron chi connectivity index (χ2n) is 10.1. The molecule has 220 valence electrons. The van der Waals surface area contributed by atoms with Gasteiger partial charge in [0.2, 0.25) is 21.8 Å². The van der Waals surface area contributed by atoms with Crippen LogP contribution in [0.15, 0.2) is 83.3 Å². The summed E-state index contributed by atoms with van der Waals surface area (Å²) in [5, 5.41) is 2.98. The van der Waals surface area contributed by atoms with E-state index in [9.17, 15) is 18.0 Å². The highest BCUT2D eigenvalue weighted by Crippen LogP contribution is 2.30. The van der Waals surface area contributed by atoms with E-state index in [0.717, 1.165) is 21.9 Å². The fourth-order valence-electron chi connectivity index (χ4n) is 4.58. The normalized spacial score (nSPS) is 12.0. The van der Waals surface area contributed by atoms with Gasteiger partial charge in [-0.25, -0.2) is 8.42 Å². The number of sulfonamides is 1. The molecule has 1 N–H and O–H groups in total. The molecule has 8 nitrogen and oxygen atoms in total. The quantitative estimate of drug-likeness (QED) is 0.262. The average molecular weight is 645 g/mol. The minimum absolute atomic E-state index is 0.0510. The van der Waals surface area contributed by atoms with Gasteiger partial charge in [0.25, 0.3) is 0 Å². The molecular formula is C31H38BrN3O5S. The standard InChI is InChI=1S/C31H38BrN3O5S/c1-23(2)33-31(37)28(21-24-12-6-5-7-13-24)34(22-25-14-10-15-26(32)20-25)30(36)18-11-19-35(41(4,38)39)27-16-8-9-17-29(27)40-3/h5-10,12-17,20,23,28H,11,18-19,21-22H2,1-4H3,(H,33,37)/t28-/m0/s1. The first kappa shape index (κ1) is 32.1. The van der Waals surface area contributed by atoms with Crippen LogP contribution >= 0.6 is 15.9 Å². The summed E-state index contributed by atoms with van der Waals surface area (Å²) in [6.45, 7) is 4.08. The lowest BCUT2D eigenvalue weighted by molar-refractivity contribution is -0.141. The van der Waals surface area contributed by atoms with Gasteiger partial charge >= 0.3 is 0 Å². The molecule has 3 aromatic rings. The number of anilines is 1. The van der Waals surface area contributed by atoms with Crippen molar-refractivity contribution in [2.45, 2.75) is 51.7 Å². The molecule has 0 unspecified atom stereocenters. The first-order chi connectivity index (χ1) is 19.5. The van der Waals surface area contributed by atoms with E-state index in [1.165, 1.54) is 11.4 Å². The molecule has 0 heterocycles. The van der Waals surface area contributed by atoms with Gasteiger partial charge in [0.1, 0.15) is 11.8 Å². The number of nitrogens with zero attached hydrogens (tertiary/aromatic N) is 2. The van der Waals surface area contributed by atoms with Crippen LogP contribution in [0, 0.1) is 0 Å². The largest absolute Gasteiger partial charge is 0.495 e. The number of halogens is 1. The molecular weight excluding hydrogens is 606 g/mol. The van der Waals surface area contributed by atoms with Gasteiger partial charge in [-0.05, 0) is 55.7 Å². The van der Waals surface area contributed by atoms with E-state index >= 15 is 0 Å². The molecule has 0 fully saturated rings. The summed E-state index contributed by atoms with van der Waals surface area (Å²) < 4.78 is 32.9. The predicted molar refractivity (Wildman–Crippen MR) is 166 cm³/mol. The molecule has 10 heteroatoms. The van der Waals surface area contributed by atoms with Crippen LogP contribution in [0.1, 0.15) is 37.8 Å². The lowest BCUT2D eigenvalue weighted by Gasteiger charge is -2.32. The van der Waals surface area contributed by atoms with Crippen LogP contribution in [0.2, 0.25) is 0 Å². The fraction of sp³-hybridized carbons (Fsp3) is 0.355. The zero-order valence-corrected chi connectivity index (χ0v) is 26.3. The highest BCUT2D eigenvalue weighted by molar-refractivity contribution is 9.10. The average Bonchev–Trinajstić information content (AvgIpc) is 2.92. The molecule has 2 amide bonds. The van der Waals surface area contributed by atoms with E-state index in [0.29, 0.717) is 17.9 Å². The number of hydrogen-bond acceptors (Lipinski definition) is 5. The number of ether oxygens (including phenoxy) is 1. The fourth-order valence-corrected chi connectivity index (χ4v) is 6.00. The number of para-hydroxylation sites is 2. The van der Waals surface area contributed by atoms with Crippen LogP contribution in [-0.4, -0.2) is 57.1 Å². The number of benzene rings is 3. The second-order valence-corrected chi connectivity index (χ2v) is 13.0. The van der Waals surface area contributed by atoms with Crippen LogP contribution in [0.5, 0.6) is 5.75 Å². The molecule has 0 spiro atoms. The zero-order chi connectivity index (χ0) is 30.0. The summed E-state index contributed by atoms with van der Waals surface area (Å²) >= 11 is 3.50. The summed E-state index contributed by atoms with van der Waals surface area (Å²) in [6, 6.07) is 23.2. The maximum atomic E-state index is 13.9. The molecule has 0 aliphatic rings. The van der Waals surface area contributed by atoms with Gasteiger partial charge in [-0.2, -0.15) is 0 Å². The van der Waals surface area contributed by atoms with Crippen molar-refractivity contribution >= 4 is 43.5 Å². The van der Waals surface area contributed by atoms with Crippen molar-refractivity contribution in [2.24, 2.45) is 0 Å². The molecule has 3 rings (SSSR count). The number of amides is 2.